The van der Waals surface area contributed by atoms with Crippen molar-refractivity contribution < 1.29 is 4.79 Å². The van der Waals surface area contributed by atoms with E-state index in [1.165, 1.54) is 30.8 Å². The Bertz CT molecular complexity index is 208. The van der Waals surface area contributed by atoms with Crippen molar-refractivity contribution >= 4 is 17.5 Å². The van der Waals surface area contributed by atoms with Crippen molar-refractivity contribution in [2.24, 2.45) is 0 Å². The molecule has 1 rings (SSSR count). The second-order valence-electron chi connectivity index (χ2n) is 3.76. The van der Waals surface area contributed by atoms with Crippen molar-refractivity contribution in [1.29, 1.82) is 0 Å². The molecule has 0 atom stereocenters. The summed E-state index contributed by atoms with van der Waals surface area (Å²) in [6.07, 6.45) is 8.61. The highest BCUT2D eigenvalue weighted by atomic mass is 32.2. The molecular weight excluding hydrogens is 192 g/mol. The predicted molar refractivity (Wildman–Crippen MR) is 63.8 cm³/mol. The standard InChI is InChI=1S/C12H20OS/c1-2-9-14-10-4-3-6-11-7-5-8-12(11)13/h7H,2-6,8-10H2,1H3. The van der Waals surface area contributed by atoms with Gasteiger partial charge in [0.25, 0.3) is 0 Å². The number of thioether (sulfide) groups is 1. The molecule has 0 fully saturated rings. The second kappa shape index (κ2) is 7.10. The molecule has 0 aliphatic heterocycles. The van der Waals surface area contributed by atoms with E-state index in [4.69, 9.17) is 0 Å². The summed E-state index contributed by atoms with van der Waals surface area (Å²) in [7, 11) is 0. The van der Waals surface area contributed by atoms with E-state index < -0.39 is 0 Å². The van der Waals surface area contributed by atoms with Gasteiger partial charge in [0.05, 0.1) is 0 Å². The number of allylic oxidation sites excluding steroid dienone is 2. The number of Topliss-reactive ketones (excluding diaryl/α,β-unsaturated/α-hetero) is 1. The summed E-state index contributed by atoms with van der Waals surface area (Å²) >= 11 is 2.03. The van der Waals surface area contributed by atoms with Gasteiger partial charge in [0.15, 0.2) is 5.78 Å². The van der Waals surface area contributed by atoms with Crippen LogP contribution in [0.2, 0.25) is 0 Å². The van der Waals surface area contributed by atoms with Gasteiger partial charge in [0.2, 0.25) is 0 Å². The van der Waals surface area contributed by atoms with Crippen molar-refractivity contribution in [3.8, 4) is 0 Å². The van der Waals surface area contributed by atoms with Crippen molar-refractivity contribution in [2.45, 2.75) is 45.4 Å². The Morgan fingerprint density at radius 1 is 1.36 bits per heavy atom. The molecule has 1 aliphatic carbocycles. The topological polar surface area (TPSA) is 17.1 Å². The average molecular weight is 212 g/mol. The summed E-state index contributed by atoms with van der Waals surface area (Å²) < 4.78 is 0. The molecule has 0 spiro atoms. The molecule has 0 unspecified atom stereocenters. The molecule has 2 heteroatoms. The van der Waals surface area contributed by atoms with Gasteiger partial charge in [-0.25, -0.2) is 0 Å². The van der Waals surface area contributed by atoms with Crippen LogP contribution >= 0.6 is 11.8 Å². The number of hydrogen-bond acceptors (Lipinski definition) is 2. The van der Waals surface area contributed by atoms with Crippen LogP contribution in [0.15, 0.2) is 11.6 Å². The Labute approximate surface area is 91.3 Å². The summed E-state index contributed by atoms with van der Waals surface area (Å²) in [5.41, 5.74) is 1.10. The van der Waals surface area contributed by atoms with E-state index in [0.717, 1.165) is 24.8 Å². The first kappa shape index (κ1) is 11.8. The van der Waals surface area contributed by atoms with E-state index in [1.54, 1.807) is 0 Å². The van der Waals surface area contributed by atoms with Crippen molar-refractivity contribution in [2.75, 3.05) is 11.5 Å². The average Bonchev–Trinajstić information content (AvgIpc) is 2.58. The van der Waals surface area contributed by atoms with Gasteiger partial charge < -0.3 is 0 Å². The zero-order valence-corrected chi connectivity index (χ0v) is 9.87. The minimum atomic E-state index is 0.395. The second-order valence-corrected chi connectivity index (χ2v) is 4.99. The maximum Gasteiger partial charge on any atom is 0.158 e. The van der Waals surface area contributed by atoms with Crippen LogP contribution in [0.5, 0.6) is 0 Å². The molecule has 80 valence electrons. The van der Waals surface area contributed by atoms with Crippen LogP contribution in [-0.2, 0) is 4.79 Å². The maximum absolute atomic E-state index is 11.3. The number of carbonyl (C=O) groups is 1. The van der Waals surface area contributed by atoms with Gasteiger partial charge in [-0.05, 0) is 49.2 Å². The fourth-order valence-electron chi connectivity index (χ4n) is 1.66. The van der Waals surface area contributed by atoms with E-state index in [0.29, 0.717) is 5.78 Å². The summed E-state index contributed by atoms with van der Waals surface area (Å²) in [4.78, 5) is 11.3. The Hall–Kier alpha value is -0.240. The number of rotatable bonds is 7. The molecule has 0 saturated carbocycles. The van der Waals surface area contributed by atoms with Gasteiger partial charge in [-0.2, -0.15) is 11.8 Å². The van der Waals surface area contributed by atoms with Gasteiger partial charge in [-0.15, -0.1) is 0 Å². The van der Waals surface area contributed by atoms with E-state index in [9.17, 15) is 4.79 Å². The smallest absolute Gasteiger partial charge is 0.158 e. The largest absolute Gasteiger partial charge is 0.295 e. The van der Waals surface area contributed by atoms with Crippen LogP contribution in [0.3, 0.4) is 0 Å². The van der Waals surface area contributed by atoms with Gasteiger partial charge >= 0.3 is 0 Å². The van der Waals surface area contributed by atoms with Gasteiger partial charge in [-0.3, -0.25) is 4.79 Å². The zero-order valence-electron chi connectivity index (χ0n) is 9.05. The number of carbonyl (C=O) groups excluding carboxylic acids is 1. The SMILES string of the molecule is CCCSCCCCC1=CCCC1=O. The Kier molecular flexibility index (Phi) is 6.00. The van der Waals surface area contributed by atoms with Gasteiger partial charge in [0.1, 0.15) is 0 Å². The van der Waals surface area contributed by atoms with Crippen molar-refractivity contribution in [3.63, 3.8) is 0 Å². The quantitative estimate of drug-likeness (QED) is 0.600. The fourth-order valence-corrected chi connectivity index (χ4v) is 2.56. The lowest BCUT2D eigenvalue weighted by Crippen LogP contribution is -1.95. The molecule has 0 saturated heterocycles. The fraction of sp³-hybridized carbons (Fsp3) is 0.750. The van der Waals surface area contributed by atoms with Gasteiger partial charge in [-0.1, -0.05) is 13.0 Å². The molecule has 0 bridgehead atoms. The number of hydrogen-bond donors (Lipinski definition) is 0. The normalized spacial score (nSPS) is 16.1. The predicted octanol–water partition coefficient (Wildman–Crippen LogP) is 3.59. The molecule has 0 radical (unpaired) electrons. The molecule has 0 aromatic carbocycles. The van der Waals surface area contributed by atoms with Crippen LogP contribution in [0.4, 0.5) is 0 Å². The van der Waals surface area contributed by atoms with E-state index >= 15 is 0 Å². The summed E-state index contributed by atoms with van der Waals surface area (Å²) in [6.45, 7) is 2.22. The first-order valence-electron chi connectivity index (χ1n) is 5.64. The molecule has 0 aromatic rings. The number of unbranched alkanes of at least 4 members (excludes halogenated alkanes) is 1. The highest BCUT2D eigenvalue weighted by molar-refractivity contribution is 7.99. The van der Waals surface area contributed by atoms with E-state index in [1.807, 2.05) is 11.8 Å². The molecule has 0 amide bonds. The first-order chi connectivity index (χ1) is 6.84. The lowest BCUT2D eigenvalue weighted by atomic mass is 10.1. The monoisotopic (exact) mass is 212 g/mol. The maximum atomic E-state index is 11.3. The van der Waals surface area contributed by atoms with Crippen molar-refractivity contribution in [3.05, 3.63) is 11.6 Å². The molecule has 0 heterocycles. The summed E-state index contributed by atoms with van der Waals surface area (Å²) in [5.74, 6) is 2.93. The molecule has 1 aliphatic rings. The minimum Gasteiger partial charge on any atom is -0.295 e. The zero-order chi connectivity index (χ0) is 10.2. The Morgan fingerprint density at radius 2 is 2.21 bits per heavy atom. The summed E-state index contributed by atoms with van der Waals surface area (Å²) in [6, 6.07) is 0. The Balaban J connectivity index is 1.96. The minimum absolute atomic E-state index is 0.395. The lowest BCUT2D eigenvalue weighted by Gasteiger charge is -2.01. The molecule has 0 N–H and O–H groups in total. The van der Waals surface area contributed by atoms with Crippen LogP contribution in [-0.4, -0.2) is 17.3 Å². The third kappa shape index (κ3) is 4.32. The Morgan fingerprint density at radius 3 is 2.86 bits per heavy atom. The third-order valence-corrected chi connectivity index (χ3v) is 3.73. The van der Waals surface area contributed by atoms with Crippen LogP contribution in [0.25, 0.3) is 0 Å². The molecule has 0 aromatic heterocycles. The van der Waals surface area contributed by atoms with Gasteiger partial charge in [0, 0.05) is 6.42 Å². The molecular formula is C12H20OS. The highest BCUT2D eigenvalue weighted by Gasteiger charge is 2.13. The van der Waals surface area contributed by atoms with E-state index in [-0.39, 0.29) is 0 Å². The molecule has 14 heavy (non-hydrogen) atoms. The van der Waals surface area contributed by atoms with Crippen LogP contribution in [0, 0.1) is 0 Å². The van der Waals surface area contributed by atoms with Crippen LogP contribution in [0.1, 0.15) is 45.4 Å². The lowest BCUT2D eigenvalue weighted by molar-refractivity contribution is -0.115. The molecule has 1 nitrogen and oxygen atoms in total. The van der Waals surface area contributed by atoms with Crippen molar-refractivity contribution in [1.82, 2.24) is 0 Å². The summed E-state index contributed by atoms with van der Waals surface area (Å²) in [5, 5.41) is 0. The first-order valence-corrected chi connectivity index (χ1v) is 6.80. The van der Waals surface area contributed by atoms with E-state index in [2.05, 4.69) is 13.0 Å². The van der Waals surface area contributed by atoms with Crippen LogP contribution < -0.4 is 0 Å². The highest BCUT2D eigenvalue weighted by Crippen LogP contribution is 2.19. The number of ketones is 1. The third-order valence-electron chi connectivity index (χ3n) is 2.45.